The van der Waals surface area contributed by atoms with E-state index in [-0.39, 0.29) is 11.2 Å². The van der Waals surface area contributed by atoms with Crippen molar-refractivity contribution in [3.8, 4) is 11.5 Å². The highest BCUT2D eigenvalue weighted by Crippen LogP contribution is 2.64. The summed E-state index contributed by atoms with van der Waals surface area (Å²) in [6.45, 7) is 4.47. The van der Waals surface area contributed by atoms with Crippen molar-refractivity contribution in [3.05, 3.63) is 35.9 Å². The SMILES string of the molecule is C=C1C2CC3CC(C2)CC1(c1cccc(O)c1OC)C3. The van der Waals surface area contributed by atoms with Gasteiger partial charge in [-0.2, -0.15) is 0 Å². The first-order chi connectivity index (χ1) is 9.64. The zero-order valence-corrected chi connectivity index (χ0v) is 12.1. The zero-order chi connectivity index (χ0) is 13.9. The normalized spacial score (nSPS) is 38.2. The van der Waals surface area contributed by atoms with E-state index in [1.807, 2.05) is 6.07 Å². The van der Waals surface area contributed by atoms with Gasteiger partial charge in [0.1, 0.15) is 0 Å². The van der Waals surface area contributed by atoms with Crippen molar-refractivity contribution < 1.29 is 9.84 Å². The Morgan fingerprint density at radius 3 is 2.55 bits per heavy atom. The Morgan fingerprint density at radius 2 is 1.90 bits per heavy atom. The fraction of sp³-hybridized carbons (Fsp3) is 0.556. The van der Waals surface area contributed by atoms with Crippen LogP contribution in [-0.2, 0) is 5.41 Å². The van der Waals surface area contributed by atoms with E-state index in [0.29, 0.717) is 11.7 Å². The van der Waals surface area contributed by atoms with E-state index in [4.69, 9.17) is 4.74 Å². The molecule has 4 saturated carbocycles. The van der Waals surface area contributed by atoms with Crippen molar-refractivity contribution in [1.29, 1.82) is 0 Å². The minimum Gasteiger partial charge on any atom is -0.504 e. The average Bonchev–Trinajstić information content (AvgIpc) is 2.43. The van der Waals surface area contributed by atoms with Crippen LogP contribution >= 0.6 is 0 Å². The van der Waals surface area contributed by atoms with Gasteiger partial charge in [0.15, 0.2) is 11.5 Å². The maximum absolute atomic E-state index is 10.1. The second-order valence-electron chi connectivity index (χ2n) is 7.01. The van der Waals surface area contributed by atoms with Crippen molar-refractivity contribution in [3.63, 3.8) is 0 Å². The summed E-state index contributed by atoms with van der Waals surface area (Å²) in [6, 6.07) is 5.79. The standard InChI is InChI=1S/C18H22O2/c1-11-14-7-12-6-13(8-14)10-18(11,9-12)15-4-3-5-16(19)17(15)20-2/h3-5,12-14,19H,1,6-10H2,2H3. The Kier molecular flexibility index (Phi) is 2.48. The van der Waals surface area contributed by atoms with Crippen molar-refractivity contribution in [2.45, 2.75) is 37.5 Å². The fourth-order valence-electron chi connectivity index (χ4n) is 5.41. The lowest BCUT2D eigenvalue weighted by Gasteiger charge is -2.58. The molecule has 2 unspecified atom stereocenters. The third-order valence-corrected chi connectivity index (χ3v) is 6.00. The van der Waals surface area contributed by atoms with Gasteiger partial charge in [0.2, 0.25) is 0 Å². The summed E-state index contributed by atoms with van der Waals surface area (Å²) in [5.41, 5.74) is 2.62. The number of ether oxygens (including phenoxy) is 1. The second-order valence-corrected chi connectivity index (χ2v) is 7.01. The molecule has 4 fully saturated rings. The van der Waals surface area contributed by atoms with Gasteiger partial charge in [-0.05, 0) is 55.9 Å². The van der Waals surface area contributed by atoms with Gasteiger partial charge in [-0.15, -0.1) is 0 Å². The number of para-hydroxylation sites is 1. The van der Waals surface area contributed by atoms with Crippen LogP contribution in [0.2, 0.25) is 0 Å². The Balaban J connectivity index is 1.88. The maximum atomic E-state index is 10.1. The lowest BCUT2D eigenvalue weighted by atomic mass is 9.46. The molecule has 4 aliphatic carbocycles. The topological polar surface area (TPSA) is 29.5 Å². The van der Waals surface area contributed by atoms with Crippen molar-refractivity contribution >= 4 is 0 Å². The van der Waals surface area contributed by atoms with Crippen LogP contribution in [-0.4, -0.2) is 12.2 Å². The molecule has 0 saturated heterocycles. The van der Waals surface area contributed by atoms with Crippen LogP contribution in [0.25, 0.3) is 0 Å². The van der Waals surface area contributed by atoms with E-state index in [2.05, 4.69) is 12.6 Å². The number of methoxy groups -OCH3 is 1. The van der Waals surface area contributed by atoms with Gasteiger partial charge in [0.05, 0.1) is 7.11 Å². The molecule has 4 bridgehead atoms. The molecular weight excluding hydrogens is 248 g/mol. The maximum Gasteiger partial charge on any atom is 0.164 e. The van der Waals surface area contributed by atoms with E-state index in [1.54, 1.807) is 13.2 Å². The molecule has 106 valence electrons. The van der Waals surface area contributed by atoms with Crippen LogP contribution in [0.1, 0.15) is 37.7 Å². The van der Waals surface area contributed by atoms with E-state index >= 15 is 0 Å². The molecule has 0 radical (unpaired) electrons. The van der Waals surface area contributed by atoms with Crippen molar-refractivity contribution in [2.24, 2.45) is 17.8 Å². The van der Waals surface area contributed by atoms with Gasteiger partial charge in [0.25, 0.3) is 0 Å². The lowest BCUT2D eigenvalue weighted by Crippen LogP contribution is -2.50. The largest absolute Gasteiger partial charge is 0.504 e. The van der Waals surface area contributed by atoms with Crippen LogP contribution in [0.4, 0.5) is 0 Å². The number of phenolic OH excluding ortho intramolecular Hbond substituents is 1. The summed E-state index contributed by atoms with van der Waals surface area (Å²) in [5.74, 6) is 3.28. The summed E-state index contributed by atoms with van der Waals surface area (Å²) in [6.07, 6.45) is 6.44. The first kappa shape index (κ1) is 12.3. The lowest BCUT2D eigenvalue weighted by molar-refractivity contribution is 0.0460. The van der Waals surface area contributed by atoms with Crippen LogP contribution in [0, 0.1) is 17.8 Å². The molecule has 20 heavy (non-hydrogen) atoms. The van der Waals surface area contributed by atoms with E-state index in [0.717, 1.165) is 11.8 Å². The molecule has 2 nitrogen and oxygen atoms in total. The predicted octanol–water partition coefficient (Wildman–Crippen LogP) is 4.03. The molecule has 1 aromatic rings. The monoisotopic (exact) mass is 270 g/mol. The number of phenols is 1. The molecule has 2 heteroatoms. The molecule has 0 aromatic heterocycles. The molecule has 2 atom stereocenters. The Labute approximate surface area is 120 Å². The van der Waals surface area contributed by atoms with Crippen LogP contribution < -0.4 is 4.74 Å². The van der Waals surface area contributed by atoms with Crippen LogP contribution in [0.15, 0.2) is 30.4 Å². The molecule has 5 rings (SSSR count). The Bertz CT molecular complexity index is 561. The van der Waals surface area contributed by atoms with Crippen LogP contribution in [0.3, 0.4) is 0 Å². The summed E-state index contributed by atoms with van der Waals surface area (Å²) in [4.78, 5) is 0. The first-order valence-electron chi connectivity index (χ1n) is 7.70. The molecule has 1 aromatic carbocycles. The highest BCUT2D eigenvalue weighted by atomic mass is 16.5. The van der Waals surface area contributed by atoms with Crippen LogP contribution in [0.5, 0.6) is 11.5 Å². The van der Waals surface area contributed by atoms with Gasteiger partial charge in [-0.25, -0.2) is 0 Å². The number of rotatable bonds is 2. The molecule has 4 aliphatic rings. The third kappa shape index (κ3) is 1.45. The van der Waals surface area contributed by atoms with Gasteiger partial charge >= 0.3 is 0 Å². The number of hydrogen-bond acceptors (Lipinski definition) is 2. The summed E-state index contributed by atoms with van der Waals surface area (Å²) >= 11 is 0. The highest BCUT2D eigenvalue weighted by molar-refractivity contribution is 5.54. The quantitative estimate of drug-likeness (QED) is 0.822. The molecule has 0 heterocycles. The highest BCUT2D eigenvalue weighted by Gasteiger charge is 2.54. The number of hydrogen-bond donors (Lipinski definition) is 1. The fourth-order valence-corrected chi connectivity index (χ4v) is 5.41. The minimum atomic E-state index is 0.0544. The van der Waals surface area contributed by atoms with E-state index in [1.165, 1.54) is 43.2 Å². The second kappa shape index (κ2) is 4.03. The van der Waals surface area contributed by atoms with E-state index in [9.17, 15) is 5.11 Å². The van der Waals surface area contributed by atoms with E-state index < -0.39 is 0 Å². The zero-order valence-electron chi connectivity index (χ0n) is 12.1. The minimum absolute atomic E-state index is 0.0544. The Hall–Kier alpha value is -1.44. The third-order valence-electron chi connectivity index (χ3n) is 6.00. The Morgan fingerprint density at radius 1 is 1.20 bits per heavy atom. The summed E-state index contributed by atoms with van der Waals surface area (Å²) in [5, 5.41) is 10.1. The molecule has 0 aliphatic heterocycles. The smallest absolute Gasteiger partial charge is 0.164 e. The first-order valence-corrected chi connectivity index (χ1v) is 7.70. The predicted molar refractivity (Wildman–Crippen MR) is 79.0 cm³/mol. The average molecular weight is 270 g/mol. The van der Waals surface area contributed by atoms with Crippen molar-refractivity contribution in [2.75, 3.05) is 7.11 Å². The molecule has 0 spiro atoms. The van der Waals surface area contributed by atoms with Gasteiger partial charge in [0, 0.05) is 11.0 Å². The van der Waals surface area contributed by atoms with Gasteiger partial charge < -0.3 is 9.84 Å². The molecule has 1 N–H and O–H groups in total. The number of aromatic hydroxyl groups is 1. The molecule has 0 amide bonds. The van der Waals surface area contributed by atoms with Gasteiger partial charge in [-0.3, -0.25) is 0 Å². The molecular formula is C18H22O2. The van der Waals surface area contributed by atoms with Crippen molar-refractivity contribution in [1.82, 2.24) is 0 Å². The summed E-state index contributed by atoms with van der Waals surface area (Å²) < 4.78 is 5.52. The number of benzene rings is 1. The number of allylic oxidation sites excluding steroid dienone is 1. The summed E-state index contributed by atoms with van der Waals surface area (Å²) in [7, 11) is 1.65. The van der Waals surface area contributed by atoms with Gasteiger partial charge in [-0.1, -0.05) is 24.3 Å².